The van der Waals surface area contributed by atoms with E-state index in [1.165, 1.54) is 10.3 Å². The van der Waals surface area contributed by atoms with Crippen molar-refractivity contribution in [3.63, 3.8) is 0 Å². The number of benzene rings is 2. The minimum Gasteiger partial charge on any atom is -0.494 e. The Hall–Kier alpha value is -2.40. The molecule has 1 fully saturated rings. The van der Waals surface area contributed by atoms with E-state index in [2.05, 4.69) is 13.0 Å². The highest BCUT2D eigenvalue weighted by Crippen LogP contribution is 2.36. The zero-order valence-electron chi connectivity index (χ0n) is 15.6. The molecule has 1 amide bonds. The Bertz CT molecular complexity index is 886. The number of fused-ring (bicyclic) bond motifs is 1. The summed E-state index contributed by atoms with van der Waals surface area (Å²) in [4.78, 5) is 19.5. The molecule has 1 aromatic heterocycles. The van der Waals surface area contributed by atoms with Crippen molar-refractivity contribution in [1.29, 1.82) is 0 Å². The first kappa shape index (κ1) is 18.0. The molecule has 0 spiro atoms. The Kier molecular flexibility index (Phi) is 5.39. The highest BCUT2D eigenvalue weighted by Gasteiger charge is 2.31. The summed E-state index contributed by atoms with van der Waals surface area (Å²) in [6.07, 6.45) is 3.31. The van der Waals surface area contributed by atoms with E-state index in [-0.39, 0.29) is 11.9 Å². The van der Waals surface area contributed by atoms with E-state index in [9.17, 15) is 4.79 Å². The molecule has 1 aliphatic rings. The van der Waals surface area contributed by atoms with Crippen LogP contribution < -0.4 is 4.74 Å². The lowest BCUT2D eigenvalue weighted by Crippen LogP contribution is -2.30. The molecule has 2 aromatic carbocycles. The van der Waals surface area contributed by atoms with Crippen molar-refractivity contribution in [1.82, 2.24) is 9.88 Å². The molecule has 0 bridgehead atoms. The fraction of sp³-hybridized carbons (Fsp3) is 0.364. The van der Waals surface area contributed by atoms with Crippen LogP contribution in [0, 0.1) is 6.92 Å². The van der Waals surface area contributed by atoms with Gasteiger partial charge < -0.3 is 9.64 Å². The second kappa shape index (κ2) is 8.09. The molecule has 0 saturated carbocycles. The SMILES string of the molecule is Cc1ccc(OCCCC(=O)N2CCCC2c2nc3ccccc3s2)cc1. The normalized spacial score (nSPS) is 16.8. The summed E-state index contributed by atoms with van der Waals surface area (Å²) in [5.41, 5.74) is 2.25. The van der Waals surface area contributed by atoms with E-state index >= 15 is 0 Å². The van der Waals surface area contributed by atoms with Gasteiger partial charge in [-0.25, -0.2) is 4.98 Å². The Morgan fingerprint density at radius 1 is 1.22 bits per heavy atom. The lowest BCUT2D eigenvalue weighted by Gasteiger charge is -2.23. The maximum Gasteiger partial charge on any atom is 0.223 e. The van der Waals surface area contributed by atoms with Crippen LogP contribution >= 0.6 is 11.3 Å². The molecule has 3 aromatic rings. The van der Waals surface area contributed by atoms with Gasteiger partial charge in [0.1, 0.15) is 10.8 Å². The first-order valence-corrected chi connectivity index (χ1v) is 10.4. The number of likely N-dealkylation sites (tertiary alicyclic amines) is 1. The predicted octanol–water partition coefficient (Wildman–Crippen LogP) is 5.13. The molecule has 1 aliphatic heterocycles. The molecule has 0 N–H and O–H groups in total. The molecule has 0 aliphatic carbocycles. The van der Waals surface area contributed by atoms with Crippen LogP contribution in [0.25, 0.3) is 10.2 Å². The van der Waals surface area contributed by atoms with Crippen molar-refractivity contribution in [2.75, 3.05) is 13.2 Å². The van der Waals surface area contributed by atoms with Gasteiger partial charge in [-0.1, -0.05) is 29.8 Å². The molecule has 27 heavy (non-hydrogen) atoms. The molecule has 4 nitrogen and oxygen atoms in total. The largest absolute Gasteiger partial charge is 0.494 e. The zero-order chi connectivity index (χ0) is 18.6. The molecule has 4 rings (SSSR count). The molecule has 2 heterocycles. The van der Waals surface area contributed by atoms with Gasteiger partial charge in [0.15, 0.2) is 0 Å². The number of para-hydroxylation sites is 1. The molecular weight excluding hydrogens is 356 g/mol. The van der Waals surface area contributed by atoms with E-state index in [0.29, 0.717) is 13.0 Å². The average Bonchev–Trinajstić information content (AvgIpc) is 3.33. The number of thiazole rings is 1. The van der Waals surface area contributed by atoms with E-state index in [4.69, 9.17) is 9.72 Å². The van der Waals surface area contributed by atoms with Gasteiger partial charge in [-0.3, -0.25) is 4.79 Å². The quantitative estimate of drug-likeness (QED) is 0.557. The van der Waals surface area contributed by atoms with Crippen LogP contribution in [-0.4, -0.2) is 28.9 Å². The number of aromatic nitrogens is 1. The third-order valence-corrected chi connectivity index (χ3v) is 6.13. The van der Waals surface area contributed by atoms with Crippen molar-refractivity contribution in [2.45, 2.75) is 38.6 Å². The maximum atomic E-state index is 12.7. The van der Waals surface area contributed by atoms with Crippen LogP contribution in [0.2, 0.25) is 0 Å². The first-order chi connectivity index (χ1) is 13.2. The number of carbonyl (C=O) groups is 1. The first-order valence-electron chi connectivity index (χ1n) is 9.55. The summed E-state index contributed by atoms with van der Waals surface area (Å²) in [7, 11) is 0. The second-order valence-electron chi connectivity index (χ2n) is 7.03. The Morgan fingerprint density at radius 3 is 2.85 bits per heavy atom. The van der Waals surface area contributed by atoms with E-state index < -0.39 is 0 Å². The number of carbonyl (C=O) groups excluding carboxylic acids is 1. The van der Waals surface area contributed by atoms with Crippen molar-refractivity contribution in [2.24, 2.45) is 0 Å². The third-order valence-electron chi connectivity index (χ3n) is 4.99. The van der Waals surface area contributed by atoms with Gasteiger partial charge >= 0.3 is 0 Å². The fourth-order valence-electron chi connectivity index (χ4n) is 3.55. The summed E-state index contributed by atoms with van der Waals surface area (Å²) in [6, 6.07) is 16.3. The van der Waals surface area contributed by atoms with Crippen LogP contribution in [0.1, 0.15) is 42.3 Å². The number of nitrogens with zero attached hydrogens (tertiary/aromatic N) is 2. The number of aryl methyl sites for hydroxylation is 1. The minimum absolute atomic E-state index is 0.132. The van der Waals surface area contributed by atoms with Gasteiger partial charge in [-0.05, 0) is 50.5 Å². The molecule has 5 heteroatoms. The Labute approximate surface area is 163 Å². The highest BCUT2D eigenvalue weighted by molar-refractivity contribution is 7.18. The summed E-state index contributed by atoms with van der Waals surface area (Å²) >= 11 is 1.71. The van der Waals surface area contributed by atoms with Gasteiger partial charge in [0.05, 0.1) is 22.9 Å². The molecule has 1 atom stereocenters. The standard InChI is InChI=1S/C22H24N2O2S/c1-16-10-12-17(13-11-16)26-15-5-9-21(25)24-14-4-7-19(24)22-23-18-6-2-3-8-20(18)27-22/h2-3,6,8,10-13,19H,4-5,7,9,14-15H2,1H3. The van der Waals surface area contributed by atoms with Gasteiger partial charge in [0, 0.05) is 13.0 Å². The Morgan fingerprint density at radius 2 is 2.04 bits per heavy atom. The van der Waals surface area contributed by atoms with E-state index in [0.717, 1.165) is 42.1 Å². The molecule has 140 valence electrons. The lowest BCUT2D eigenvalue weighted by molar-refractivity contribution is -0.132. The minimum atomic E-state index is 0.132. The number of rotatable bonds is 6. The second-order valence-corrected chi connectivity index (χ2v) is 8.09. The molecule has 0 radical (unpaired) electrons. The van der Waals surface area contributed by atoms with Crippen molar-refractivity contribution in [3.8, 4) is 5.75 Å². The summed E-state index contributed by atoms with van der Waals surface area (Å²) in [6.45, 7) is 3.45. The van der Waals surface area contributed by atoms with Crippen LogP contribution in [0.5, 0.6) is 5.75 Å². The summed E-state index contributed by atoms with van der Waals surface area (Å²) < 4.78 is 6.94. The number of ether oxygens (including phenoxy) is 1. The van der Waals surface area contributed by atoms with Gasteiger partial charge in [0.2, 0.25) is 5.91 Å². The highest BCUT2D eigenvalue weighted by atomic mass is 32.1. The van der Waals surface area contributed by atoms with Crippen molar-refractivity contribution < 1.29 is 9.53 Å². The van der Waals surface area contributed by atoms with Crippen LogP contribution in [0.4, 0.5) is 0 Å². The van der Waals surface area contributed by atoms with E-state index in [1.54, 1.807) is 11.3 Å². The Balaban J connectivity index is 1.32. The third kappa shape index (κ3) is 4.14. The number of amides is 1. The molecule has 1 saturated heterocycles. The van der Waals surface area contributed by atoms with Crippen LogP contribution in [0.3, 0.4) is 0 Å². The van der Waals surface area contributed by atoms with Crippen LogP contribution in [-0.2, 0) is 4.79 Å². The monoisotopic (exact) mass is 380 g/mol. The smallest absolute Gasteiger partial charge is 0.223 e. The van der Waals surface area contributed by atoms with Crippen LogP contribution in [0.15, 0.2) is 48.5 Å². The number of hydrogen-bond acceptors (Lipinski definition) is 4. The average molecular weight is 381 g/mol. The zero-order valence-corrected chi connectivity index (χ0v) is 16.4. The van der Waals surface area contributed by atoms with Gasteiger partial charge in [-0.2, -0.15) is 0 Å². The predicted molar refractivity (Wildman–Crippen MR) is 109 cm³/mol. The summed E-state index contributed by atoms with van der Waals surface area (Å²) in [5, 5.41) is 1.07. The van der Waals surface area contributed by atoms with Crippen molar-refractivity contribution in [3.05, 3.63) is 59.1 Å². The molecular formula is C22H24N2O2S. The molecule has 1 unspecified atom stereocenters. The fourth-order valence-corrected chi connectivity index (χ4v) is 4.66. The number of hydrogen-bond donors (Lipinski definition) is 0. The van der Waals surface area contributed by atoms with E-state index in [1.807, 2.05) is 47.4 Å². The lowest BCUT2D eigenvalue weighted by atomic mass is 10.2. The van der Waals surface area contributed by atoms with Gasteiger partial charge in [-0.15, -0.1) is 11.3 Å². The summed E-state index contributed by atoms with van der Waals surface area (Å²) in [5.74, 6) is 1.07. The van der Waals surface area contributed by atoms with Crippen molar-refractivity contribution >= 4 is 27.5 Å². The van der Waals surface area contributed by atoms with Gasteiger partial charge in [0.25, 0.3) is 0 Å². The topological polar surface area (TPSA) is 42.4 Å². The maximum absolute atomic E-state index is 12.7.